The number of benzene rings is 1. The molecule has 1 aromatic heterocycles. The number of aromatic nitrogens is 1. The highest BCUT2D eigenvalue weighted by Crippen LogP contribution is 2.33. The Morgan fingerprint density at radius 1 is 1.40 bits per heavy atom. The highest BCUT2D eigenvalue weighted by molar-refractivity contribution is 7.14. The van der Waals surface area contributed by atoms with Crippen molar-refractivity contribution < 1.29 is 9.53 Å². The van der Waals surface area contributed by atoms with Crippen molar-refractivity contribution in [2.75, 3.05) is 5.43 Å². The molecule has 132 valence electrons. The lowest BCUT2D eigenvalue weighted by atomic mass is 9.93. The number of rotatable bonds is 6. The summed E-state index contributed by atoms with van der Waals surface area (Å²) in [5.74, 6) is -0.108. The first-order chi connectivity index (χ1) is 11.9. The zero-order valence-corrected chi connectivity index (χ0v) is 15.6. The van der Waals surface area contributed by atoms with Gasteiger partial charge in [0, 0.05) is 16.7 Å². The van der Waals surface area contributed by atoms with Gasteiger partial charge in [0.15, 0.2) is 0 Å². The van der Waals surface area contributed by atoms with Gasteiger partial charge in [-0.05, 0) is 40.0 Å². The molecule has 2 heterocycles. The van der Waals surface area contributed by atoms with E-state index in [1.54, 1.807) is 0 Å². The maximum atomic E-state index is 11.8. The first-order valence-electron chi connectivity index (χ1n) is 8.46. The average molecular weight is 357 g/mol. The highest BCUT2D eigenvalue weighted by Gasteiger charge is 2.39. The van der Waals surface area contributed by atoms with Crippen LogP contribution in [0.1, 0.15) is 40.0 Å². The van der Waals surface area contributed by atoms with Crippen LogP contribution in [0.5, 0.6) is 0 Å². The summed E-state index contributed by atoms with van der Waals surface area (Å²) in [6.45, 7) is 5.88. The van der Waals surface area contributed by atoms with Gasteiger partial charge in [-0.3, -0.25) is 10.2 Å². The Bertz CT molecular complexity index is 768. The minimum absolute atomic E-state index is 0.0234. The minimum atomic E-state index is -0.334. The van der Waals surface area contributed by atoms with Crippen molar-refractivity contribution in [2.24, 2.45) is 11.0 Å². The van der Waals surface area contributed by atoms with Gasteiger partial charge in [0.05, 0.1) is 11.6 Å². The summed E-state index contributed by atoms with van der Waals surface area (Å²) < 4.78 is 5.36. The molecule has 0 aliphatic carbocycles. The second-order valence-electron chi connectivity index (χ2n) is 6.98. The predicted molar refractivity (Wildman–Crippen MR) is 102 cm³/mol. The third kappa shape index (κ3) is 4.66. The number of anilines is 1. The topological polar surface area (TPSA) is 63.6 Å². The summed E-state index contributed by atoms with van der Waals surface area (Å²) in [5, 5.41) is 7.16. The minimum Gasteiger partial charge on any atom is -0.459 e. The molecule has 3 rings (SSSR count). The fourth-order valence-corrected chi connectivity index (χ4v) is 3.60. The molecule has 1 N–H and O–H groups in total. The van der Waals surface area contributed by atoms with Crippen LogP contribution in [0.2, 0.25) is 0 Å². The molecule has 1 aliphatic heterocycles. The molecule has 0 bridgehead atoms. The van der Waals surface area contributed by atoms with Crippen molar-refractivity contribution in [1.29, 1.82) is 0 Å². The van der Waals surface area contributed by atoms with Crippen molar-refractivity contribution in [1.82, 2.24) is 4.98 Å². The molecule has 0 spiro atoms. The van der Waals surface area contributed by atoms with Crippen molar-refractivity contribution in [2.45, 2.75) is 45.6 Å². The summed E-state index contributed by atoms with van der Waals surface area (Å²) in [4.78, 5) is 16.4. The second kappa shape index (κ2) is 7.35. The third-order valence-electron chi connectivity index (χ3n) is 4.22. The molecular weight excluding hydrogens is 334 g/mol. The van der Waals surface area contributed by atoms with E-state index in [4.69, 9.17) is 4.74 Å². The molecule has 5 nitrogen and oxygen atoms in total. The van der Waals surface area contributed by atoms with Crippen molar-refractivity contribution in [3.8, 4) is 11.3 Å². The lowest BCUT2D eigenvalue weighted by molar-refractivity contribution is -0.148. The lowest BCUT2D eigenvalue weighted by Gasteiger charge is -2.14. The number of hydrogen-bond acceptors (Lipinski definition) is 6. The van der Waals surface area contributed by atoms with E-state index < -0.39 is 0 Å². The lowest BCUT2D eigenvalue weighted by Crippen LogP contribution is -2.17. The van der Waals surface area contributed by atoms with Gasteiger partial charge in [0.2, 0.25) is 5.13 Å². The Hall–Kier alpha value is -2.21. The van der Waals surface area contributed by atoms with Crippen molar-refractivity contribution >= 4 is 28.1 Å². The molecule has 1 aliphatic rings. The highest BCUT2D eigenvalue weighted by atomic mass is 32.1. The van der Waals surface area contributed by atoms with Crippen molar-refractivity contribution in [3.05, 3.63) is 35.7 Å². The van der Waals surface area contributed by atoms with Crippen LogP contribution in [0, 0.1) is 5.92 Å². The molecule has 1 fully saturated rings. The predicted octanol–water partition coefficient (Wildman–Crippen LogP) is 4.72. The normalized spacial score (nSPS) is 19.7. The summed E-state index contributed by atoms with van der Waals surface area (Å²) in [7, 11) is 0. The van der Waals surface area contributed by atoms with Gasteiger partial charge in [0.25, 0.3) is 0 Å². The van der Waals surface area contributed by atoms with Crippen LogP contribution in [-0.4, -0.2) is 22.3 Å². The largest absolute Gasteiger partial charge is 0.459 e. The zero-order chi connectivity index (χ0) is 17.9. The van der Waals surface area contributed by atoms with Crippen molar-refractivity contribution in [3.63, 3.8) is 0 Å². The maximum Gasteiger partial charge on any atom is 0.309 e. The SMILES string of the molecule is C/C(CCC1CC(C)(C)OC1=O)=N/Nc1nc(-c2ccccc2)cs1. The number of nitrogens with zero attached hydrogens (tertiary/aromatic N) is 2. The molecule has 0 radical (unpaired) electrons. The Balaban J connectivity index is 1.52. The Morgan fingerprint density at radius 2 is 2.16 bits per heavy atom. The van der Waals surface area contributed by atoms with Gasteiger partial charge in [0.1, 0.15) is 5.60 Å². The zero-order valence-electron chi connectivity index (χ0n) is 14.8. The number of nitrogens with one attached hydrogen (secondary N) is 1. The van der Waals surface area contributed by atoms with E-state index in [2.05, 4.69) is 15.5 Å². The third-order valence-corrected chi connectivity index (χ3v) is 4.97. The Labute approximate surface area is 152 Å². The fourth-order valence-electron chi connectivity index (χ4n) is 2.94. The number of cyclic esters (lactones) is 1. The number of ether oxygens (including phenoxy) is 1. The Kier molecular flexibility index (Phi) is 5.18. The number of hydrazone groups is 1. The first kappa shape index (κ1) is 17.6. The summed E-state index contributed by atoms with van der Waals surface area (Å²) in [6.07, 6.45) is 2.31. The average Bonchev–Trinajstić information content (AvgIpc) is 3.15. The van der Waals surface area contributed by atoms with E-state index in [1.165, 1.54) is 11.3 Å². The Morgan fingerprint density at radius 3 is 2.84 bits per heavy atom. The first-order valence-corrected chi connectivity index (χ1v) is 9.34. The molecule has 1 saturated heterocycles. The van der Waals surface area contributed by atoms with E-state index in [0.717, 1.165) is 41.4 Å². The molecule has 25 heavy (non-hydrogen) atoms. The van der Waals surface area contributed by atoms with Crippen LogP contribution in [-0.2, 0) is 9.53 Å². The molecule has 0 saturated carbocycles. The molecule has 1 unspecified atom stereocenters. The van der Waals surface area contributed by atoms with Crippen LogP contribution in [0.4, 0.5) is 5.13 Å². The van der Waals surface area contributed by atoms with Gasteiger partial charge in [-0.1, -0.05) is 30.3 Å². The van der Waals surface area contributed by atoms with Crippen LogP contribution in [0.15, 0.2) is 40.8 Å². The van der Waals surface area contributed by atoms with Gasteiger partial charge in [-0.25, -0.2) is 4.98 Å². The number of hydrogen-bond donors (Lipinski definition) is 1. The van der Waals surface area contributed by atoms with E-state index in [-0.39, 0.29) is 17.5 Å². The maximum absolute atomic E-state index is 11.8. The van der Waals surface area contributed by atoms with Gasteiger partial charge < -0.3 is 4.74 Å². The van der Waals surface area contributed by atoms with Crippen LogP contribution in [0.25, 0.3) is 11.3 Å². The van der Waals surface area contributed by atoms with E-state index in [1.807, 2.05) is 56.5 Å². The van der Waals surface area contributed by atoms with Crippen LogP contribution < -0.4 is 5.43 Å². The summed E-state index contributed by atoms with van der Waals surface area (Å²) in [5.41, 5.74) is 5.67. The molecule has 6 heteroatoms. The van der Waals surface area contributed by atoms with Gasteiger partial charge in [-0.2, -0.15) is 5.10 Å². The number of esters is 1. The molecule has 1 aromatic carbocycles. The van der Waals surface area contributed by atoms with E-state index in [0.29, 0.717) is 0 Å². The number of thiazole rings is 1. The molecule has 0 amide bonds. The molecule has 2 aromatic rings. The van der Waals surface area contributed by atoms with Crippen LogP contribution in [0.3, 0.4) is 0 Å². The molecular formula is C19H23N3O2S. The van der Waals surface area contributed by atoms with Gasteiger partial charge in [-0.15, -0.1) is 11.3 Å². The van der Waals surface area contributed by atoms with E-state index in [9.17, 15) is 4.79 Å². The summed E-state index contributed by atoms with van der Waals surface area (Å²) in [6, 6.07) is 10.1. The fraction of sp³-hybridized carbons (Fsp3) is 0.421. The van der Waals surface area contributed by atoms with E-state index >= 15 is 0 Å². The smallest absolute Gasteiger partial charge is 0.309 e. The standard InChI is InChI=1S/C19H23N3O2S/c1-13(9-10-15-11-19(2,3)24-17(15)23)21-22-18-20-16(12-25-18)14-7-5-4-6-8-14/h4-8,12,15H,9-11H2,1-3H3,(H,20,22)/b21-13-. The van der Waals surface area contributed by atoms with Gasteiger partial charge >= 0.3 is 5.97 Å². The summed E-state index contributed by atoms with van der Waals surface area (Å²) >= 11 is 1.53. The molecule has 1 atom stereocenters. The second-order valence-corrected chi connectivity index (χ2v) is 7.84. The number of carbonyl (C=O) groups is 1. The number of carbonyl (C=O) groups excluding carboxylic acids is 1. The monoisotopic (exact) mass is 357 g/mol. The van der Waals surface area contributed by atoms with Crippen LogP contribution >= 0.6 is 11.3 Å². The quantitative estimate of drug-likeness (QED) is 0.461.